The highest BCUT2D eigenvalue weighted by Gasteiger charge is 2.29. The maximum absolute atomic E-state index is 15.2. The zero-order valence-corrected chi connectivity index (χ0v) is 17.7. The Balaban J connectivity index is 2.17. The van der Waals surface area contributed by atoms with E-state index in [1.807, 2.05) is 0 Å². The van der Waals surface area contributed by atoms with Crippen LogP contribution in [0.3, 0.4) is 0 Å². The lowest BCUT2D eigenvalue weighted by Crippen LogP contribution is -2.05. The van der Waals surface area contributed by atoms with E-state index in [1.165, 1.54) is 74.9 Å². The minimum Gasteiger partial charge on any atom is -0.465 e. The third-order valence-electron chi connectivity index (χ3n) is 4.47. The molecule has 0 aliphatic rings. The van der Waals surface area contributed by atoms with Crippen molar-refractivity contribution in [1.29, 1.82) is 10.5 Å². The average molecular weight is 464 g/mol. The Bertz CT molecular complexity index is 1270. The van der Waals surface area contributed by atoms with Crippen LogP contribution in [0, 0.1) is 34.3 Å². The molecule has 0 saturated carbocycles. The lowest BCUT2D eigenvalue weighted by molar-refractivity contribution is 0.0591. The summed E-state index contributed by atoms with van der Waals surface area (Å²) in [6.45, 7) is 0. The van der Waals surface area contributed by atoms with Gasteiger partial charge in [-0.1, -0.05) is 12.1 Å². The number of methoxy groups -OCH3 is 2. The van der Waals surface area contributed by atoms with Crippen molar-refractivity contribution in [1.82, 2.24) is 0 Å². The van der Waals surface area contributed by atoms with Crippen LogP contribution in [-0.4, -0.2) is 26.2 Å². The van der Waals surface area contributed by atoms with E-state index in [9.17, 15) is 20.1 Å². The molecule has 34 heavy (non-hydrogen) atoms. The molecule has 0 heterocycles. The maximum Gasteiger partial charge on any atom is 0.337 e. The Hall–Kier alpha value is -4.96. The third-order valence-corrected chi connectivity index (χ3v) is 4.47. The lowest BCUT2D eigenvalue weighted by Gasteiger charge is -2.16. The molecule has 0 amide bonds. The van der Waals surface area contributed by atoms with Gasteiger partial charge in [-0.2, -0.15) is 10.5 Å². The summed E-state index contributed by atoms with van der Waals surface area (Å²) in [5.41, 5.74) is -1.67. The number of nitrogens with zero attached hydrogens (tertiary/aromatic N) is 2. The molecule has 0 unspecified atom stereocenters. The van der Waals surface area contributed by atoms with E-state index in [-0.39, 0.29) is 22.6 Å². The van der Waals surface area contributed by atoms with Crippen molar-refractivity contribution < 1.29 is 37.3 Å². The van der Waals surface area contributed by atoms with Crippen LogP contribution in [0.1, 0.15) is 31.8 Å². The van der Waals surface area contributed by atoms with E-state index in [2.05, 4.69) is 9.47 Å². The van der Waals surface area contributed by atoms with E-state index >= 15 is 8.78 Å². The van der Waals surface area contributed by atoms with Crippen molar-refractivity contribution in [2.45, 2.75) is 0 Å². The topological polar surface area (TPSA) is 119 Å². The molecule has 170 valence electrons. The molecule has 0 bridgehead atoms. The van der Waals surface area contributed by atoms with E-state index in [4.69, 9.17) is 9.47 Å². The van der Waals surface area contributed by atoms with Crippen molar-refractivity contribution in [2.75, 3.05) is 14.2 Å². The molecule has 0 aliphatic heterocycles. The Morgan fingerprint density at radius 3 is 1.44 bits per heavy atom. The zero-order valence-electron chi connectivity index (χ0n) is 17.7. The monoisotopic (exact) mass is 464 g/mol. The van der Waals surface area contributed by atoms with Gasteiger partial charge >= 0.3 is 11.9 Å². The molecule has 0 saturated heterocycles. The number of nitriles is 2. The molecule has 10 heteroatoms. The van der Waals surface area contributed by atoms with E-state index in [0.29, 0.717) is 0 Å². The highest BCUT2D eigenvalue weighted by Crippen LogP contribution is 2.42. The number of esters is 2. The Kier molecular flexibility index (Phi) is 7.04. The minimum absolute atomic E-state index is 0.0586. The number of rotatable bonds is 6. The summed E-state index contributed by atoms with van der Waals surface area (Å²) >= 11 is 0. The Morgan fingerprint density at radius 1 is 0.735 bits per heavy atom. The summed E-state index contributed by atoms with van der Waals surface area (Å²) in [6.07, 6.45) is 0. The number of benzene rings is 3. The highest BCUT2D eigenvalue weighted by molar-refractivity contribution is 5.90. The molecule has 0 aliphatic carbocycles. The second-order valence-electron chi connectivity index (χ2n) is 6.50. The molecule has 0 atom stereocenters. The fourth-order valence-corrected chi connectivity index (χ4v) is 2.88. The van der Waals surface area contributed by atoms with Crippen molar-refractivity contribution in [3.8, 4) is 35.1 Å². The van der Waals surface area contributed by atoms with Crippen LogP contribution in [0.15, 0.2) is 48.5 Å². The van der Waals surface area contributed by atoms with Gasteiger partial charge in [0.05, 0.1) is 25.3 Å². The number of hydrogen-bond donors (Lipinski definition) is 0. The summed E-state index contributed by atoms with van der Waals surface area (Å²) in [6, 6.07) is 13.6. The van der Waals surface area contributed by atoms with Crippen LogP contribution in [0.25, 0.3) is 0 Å². The van der Waals surface area contributed by atoms with E-state index in [1.54, 1.807) is 0 Å². The van der Waals surface area contributed by atoms with Gasteiger partial charge < -0.3 is 18.9 Å². The van der Waals surface area contributed by atoms with Gasteiger partial charge in [-0.15, -0.1) is 0 Å². The van der Waals surface area contributed by atoms with Gasteiger partial charge in [0, 0.05) is 0 Å². The second-order valence-corrected chi connectivity index (χ2v) is 6.50. The van der Waals surface area contributed by atoms with Crippen LogP contribution < -0.4 is 9.47 Å². The van der Waals surface area contributed by atoms with Crippen LogP contribution >= 0.6 is 0 Å². The first-order valence-corrected chi connectivity index (χ1v) is 9.42. The molecule has 0 radical (unpaired) electrons. The molecule has 3 aromatic carbocycles. The average Bonchev–Trinajstić information content (AvgIpc) is 2.87. The van der Waals surface area contributed by atoms with Crippen molar-refractivity contribution >= 4 is 11.9 Å². The number of halogens is 2. The molecule has 0 spiro atoms. The predicted molar refractivity (Wildman–Crippen MR) is 111 cm³/mol. The minimum atomic E-state index is -1.36. The van der Waals surface area contributed by atoms with Gasteiger partial charge in [-0.05, 0) is 36.4 Å². The SMILES string of the molecule is COC(=O)c1cccc(Oc2c(F)c(C#N)c(C#N)c(F)c2Oc2cccc(C(=O)OC)c2)c1. The molecule has 3 rings (SSSR count). The van der Waals surface area contributed by atoms with E-state index in [0.717, 1.165) is 0 Å². The van der Waals surface area contributed by atoms with Gasteiger partial charge in [0.2, 0.25) is 11.5 Å². The Morgan fingerprint density at radius 2 is 1.12 bits per heavy atom. The van der Waals surface area contributed by atoms with Crippen molar-refractivity contribution in [3.05, 3.63) is 82.4 Å². The summed E-state index contributed by atoms with van der Waals surface area (Å²) in [4.78, 5) is 23.6. The van der Waals surface area contributed by atoms with Gasteiger partial charge in [-0.3, -0.25) is 0 Å². The third kappa shape index (κ3) is 4.61. The largest absolute Gasteiger partial charge is 0.465 e. The summed E-state index contributed by atoms with van der Waals surface area (Å²) < 4.78 is 50.6. The van der Waals surface area contributed by atoms with Crippen LogP contribution in [0.5, 0.6) is 23.0 Å². The summed E-state index contributed by atoms with van der Waals surface area (Å²) in [5, 5.41) is 18.6. The summed E-state index contributed by atoms with van der Waals surface area (Å²) in [7, 11) is 2.33. The van der Waals surface area contributed by atoms with Gasteiger partial charge in [0.15, 0.2) is 11.6 Å². The quantitative estimate of drug-likeness (QED) is 0.474. The number of carbonyl (C=O) groups is 2. The standard InChI is InChI=1S/C24H14F2N2O6/c1-31-23(29)13-5-3-7-15(9-13)33-21-19(25)17(11-27)18(12-28)20(26)22(21)34-16-8-4-6-14(10-16)24(30)32-2/h3-10H,1-2H3. The molecule has 0 fully saturated rings. The van der Waals surface area contributed by atoms with Gasteiger partial charge in [0.1, 0.15) is 34.8 Å². The van der Waals surface area contributed by atoms with Gasteiger partial charge in [-0.25, -0.2) is 18.4 Å². The number of ether oxygens (including phenoxy) is 4. The number of hydrogen-bond acceptors (Lipinski definition) is 8. The fourth-order valence-electron chi connectivity index (χ4n) is 2.88. The van der Waals surface area contributed by atoms with Crippen molar-refractivity contribution in [3.63, 3.8) is 0 Å². The molecule has 0 N–H and O–H groups in total. The molecular weight excluding hydrogens is 450 g/mol. The molecular formula is C24H14F2N2O6. The van der Waals surface area contributed by atoms with Crippen LogP contribution in [-0.2, 0) is 9.47 Å². The van der Waals surface area contributed by atoms with Gasteiger partial charge in [0.25, 0.3) is 0 Å². The van der Waals surface area contributed by atoms with Crippen LogP contribution in [0.4, 0.5) is 8.78 Å². The number of carbonyl (C=O) groups excluding carboxylic acids is 2. The first-order valence-electron chi connectivity index (χ1n) is 9.42. The van der Waals surface area contributed by atoms with E-state index < -0.39 is 46.2 Å². The Labute approximate surface area is 192 Å². The molecule has 3 aromatic rings. The second kappa shape index (κ2) is 10.1. The summed E-state index contributed by atoms with van der Waals surface area (Å²) in [5.74, 6) is -6.04. The van der Waals surface area contributed by atoms with Crippen LogP contribution in [0.2, 0.25) is 0 Å². The normalized spacial score (nSPS) is 9.94. The first-order chi connectivity index (χ1) is 16.3. The predicted octanol–water partition coefficient (Wildman–Crippen LogP) is 4.87. The zero-order chi connectivity index (χ0) is 24.8. The maximum atomic E-state index is 15.2. The smallest absolute Gasteiger partial charge is 0.337 e. The highest BCUT2D eigenvalue weighted by atomic mass is 19.1. The lowest BCUT2D eigenvalue weighted by atomic mass is 10.1. The molecule has 8 nitrogen and oxygen atoms in total. The molecule has 0 aromatic heterocycles. The first kappa shape index (κ1) is 23.7. The van der Waals surface area contributed by atoms with Crippen molar-refractivity contribution in [2.24, 2.45) is 0 Å². The fraction of sp³-hybridized carbons (Fsp3) is 0.0833.